The van der Waals surface area contributed by atoms with Crippen LogP contribution in [-0.2, 0) is 11.2 Å². The van der Waals surface area contributed by atoms with E-state index in [1.165, 1.54) is 11.0 Å². The normalized spacial score (nSPS) is 11.2. The van der Waals surface area contributed by atoms with Gasteiger partial charge in [-0.2, -0.15) is 0 Å². The highest BCUT2D eigenvalue weighted by atomic mass is 16.1. The second-order valence-electron chi connectivity index (χ2n) is 5.68. The lowest BCUT2D eigenvalue weighted by atomic mass is 9.49. The van der Waals surface area contributed by atoms with Gasteiger partial charge < -0.3 is 0 Å². The van der Waals surface area contributed by atoms with E-state index in [-0.39, 0.29) is 5.78 Å². The van der Waals surface area contributed by atoms with E-state index in [1.807, 2.05) is 12.1 Å². The maximum absolute atomic E-state index is 12.0. The Kier molecular flexibility index (Phi) is 7.07. The van der Waals surface area contributed by atoms with Crippen LogP contribution in [0.1, 0.15) is 31.7 Å². The monoisotopic (exact) mass is 268 g/mol. The Balaban J connectivity index is 2.30. The number of carbonyl (C=O) groups excluding carboxylic acids is 1. The molecule has 0 bridgehead atoms. The Labute approximate surface area is 123 Å². The molecule has 0 N–H and O–H groups in total. The van der Waals surface area contributed by atoms with Gasteiger partial charge in [-0.05, 0) is 24.8 Å². The number of hydrogen-bond acceptors (Lipinski definition) is 1. The van der Waals surface area contributed by atoms with Crippen LogP contribution in [0.2, 0.25) is 13.6 Å². The summed E-state index contributed by atoms with van der Waals surface area (Å²) in [4.78, 5) is 12.0. The molecule has 2 heteroatoms. The van der Waals surface area contributed by atoms with Crippen LogP contribution >= 0.6 is 0 Å². The first kappa shape index (κ1) is 16.5. The van der Waals surface area contributed by atoms with Gasteiger partial charge >= 0.3 is 0 Å². The Morgan fingerprint density at radius 2 is 1.85 bits per heavy atom. The molecule has 0 atom stereocenters. The molecule has 0 unspecified atom stereocenters. The minimum absolute atomic E-state index is 0.179. The summed E-state index contributed by atoms with van der Waals surface area (Å²) in [7, 11) is 0. The molecule has 0 radical (unpaired) electrons. The smallest absolute Gasteiger partial charge is 0.163 e. The number of aryl methyl sites for hydroxylation is 1. The van der Waals surface area contributed by atoms with Crippen molar-refractivity contribution in [3.63, 3.8) is 0 Å². The topological polar surface area (TPSA) is 17.1 Å². The van der Waals surface area contributed by atoms with Crippen LogP contribution in [0, 0.1) is 0 Å². The maximum atomic E-state index is 12.0. The fourth-order valence-corrected chi connectivity index (χ4v) is 1.94. The number of benzene rings is 1. The lowest BCUT2D eigenvalue weighted by molar-refractivity contribution is -0.115. The van der Waals surface area contributed by atoms with Gasteiger partial charge in [-0.1, -0.05) is 63.6 Å². The fraction of sp³-hybridized carbons (Fsp3) is 0.389. The van der Waals surface area contributed by atoms with Gasteiger partial charge in [-0.25, -0.2) is 0 Å². The summed E-state index contributed by atoms with van der Waals surface area (Å²) in [6.45, 7) is 10.7. The van der Waals surface area contributed by atoms with Gasteiger partial charge in [0, 0.05) is 12.0 Å². The third-order valence-corrected chi connectivity index (χ3v) is 3.63. The van der Waals surface area contributed by atoms with Crippen molar-refractivity contribution in [1.29, 1.82) is 0 Å². The molecule has 1 rings (SSSR count). The third-order valence-electron chi connectivity index (χ3n) is 3.63. The van der Waals surface area contributed by atoms with Crippen molar-refractivity contribution in [3.8, 4) is 0 Å². The second kappa shape index (κ2) is 8.57. The highest BCUT2D eigenvalue weighted by Gasteiger charge is 2.07. The van der Waals surface area contributed by atoms with E-state index in [2.05, 4.69) is 51.4 Å². The second-order valence-corrected chi connectivity index (χ2v) is 5.68. The van der Waals surface area contributed by atoms with Gasteiger partial charge in [0.1, 0.15) is 0 Å². The molecule has 20 heavy (non-hydrogen) atoms. The summed E-state index contributed by atoms with van der Waals surface area (Å²) in [6, 6.07) is 10.4. The van der Waals surface area contributed by atoms with Crippen molar-refractivity contribution in [2.75, 3.05) is 0 Å². The van der Waals surface area contributed by atoms with Crippen molar-refractivity contribution in [1.82, 2.24) is 0 Å². The first-order valence-electron chi connectivity index (χ1n) is 7.45. The molecule has 0 aliphatic carbocycles. The van der Waals surface area contributed by atoms with Crippen LogP contribution in [0.15, 0.2) is 54.0 Å². The highest BCUT2D eigenvalue weighted by Crippen LogP contribution is 2.11. The minimum Gasteiger partial charge on any atom is -0.294 e. The van der Waals surface area contributed by atoms with Gasteiger partial charge in [0.2, 0.25) is 0 Å². The van der Waals surface area contributed by atoms with Crippen LogP contribution < -0.4 is 0 Å². The maximum Gasteiger partial charge on any atom is 0.163 e. The van der Waals surface area contributed by atoms with Gasteiger partial charge in [0.05, 0.1) is 0 Å². The third kappa shape index (κ3) is 6.05. The summed E-state index contributed by atoms with van der Waals surface area (Å²) < 4.78 is 0. The SMILES string of the molecule is C=C(/C=C(/C)B(C)C)C(=O)CCCCc1ccccc1. The Hall–Kier alpha value is -1.57. The number of rotatable bonds is 8. The van der Waals surface area contributed by atoms with E-state index in [0.29, 0.717) is 18.7 Å². The summed E-state index contributed by atoms with van der Waals surface area (Å²) in [5.41, 5.74) is 3.21. The molecule has 0 aliphatic rings. The molecule has 0 aliphatic heterocycles. The summed E-state index contributed by atoms with van der Waals surface area (Å²) in [6.07, 6.45) is 5.57. The average Bonchev–Trinajstić information content (AvgIpc) is 2.44. The van der Waals surface area contributed by atoms with Crippen LogP contribution in [0.3, 0.4) is 0 Å². The van der Waals surface area contributed by atoms with E-state index >= 15 is 0 Å². The molecule has 1 aromatic carbocycles. The van der Waals surface area contributed by atoms with Crippen LogP contribution in [0.4, 0.5) is 0 Å². The van der Waals surface area contributed by atoms with Crippen LogP contribution in [0.25, 0.3) is 0 Å². The molecule has 106 valence electrons. The first-order valence-corrected chi connectivity index (χ1v) is 7.45. The van der Waals surface area contributed by atoms with Crippen molar-refractivity contribution < 1.29 is 4.79 Å². The van der Waals surface area contributed by atoms with Crippen molar-refractivity contribution >= 4 is 12.5 Å². The molecule has 1 nitrogen and oxygen atoms in total. The Morgan fingerprint density at radius 1 is 1.20 bits per heavy atom. The number of ketones is 1. The standard InChI is InChI=1S/C18H25BO/c1-15(14-16(2)19(3)4)18(20)13-9-8-12-17-10-6-5-7-11-17/h5-7,10-11,14H,1,8-9,12-13H2,2-4H3/b16-14-. The summed E-state index contributed by atoms with van der Waals surface area (Å²) in [5.74, 6) is 0.179. The van der Waals surface area contributed by atoms with Crippen molar-refractivity contribution in [3.05, 3.63) is 59.6 Å². The Bertz CT molecular complexity index is 471. The number of carbonyl (C=O) groups is 1. The molecular formula is C18H25BO. The summed E-state index contributed by atoms with van der Waals surface area (Å²) >= 11 is 0. The molecule has 0 heterocycles. The molecule has 0 aromatic heterocycles. The predicted molar refractivity (Wildman–Crippen MR) is 89.4 cm³/mol. The van der Waals surface area contributed by atoms with Gasteiger partial charge in [-0.3, -0.25) is 4.79 Å². The predicted octanol–water partition coefficient (Wildman–Crippen LogP) is 4.76. The minimum atomic E-state index is 0.179. The van der Waals surface area contributed by atoms with Crippen molar-refractivity contribution in [2.45, 2.75) is 46.3 Å². The van der Waals surface area contributed by atoms with Gasteiger partial charge in [0.25, 0.3) is 0 Å². The van der Waals surface area contributed by atoms with Crippen LogP contribution in [-0.4, -0.2) is 12.5 Å². The lowest BCUT2D eigenvalue weighted by Crippen LogP contribution is -2.05. The quantitative estimate of drug-likeness (QED) is 0.287. The van der Waals surface area contributed by atoms with Crippen LogP contribution in [0.5, 0.6) is 0 Å². The van der Waals surface area contributed by atoms with E-state index in [1.54, 1.807) is 0 Å². The van der Waals surface area contributed by atoms with E-state index < -0.39 is 0 Å². The zero-order chi connectivity index (χ0) is 15.0. The zero-order valence-corrected chi connectivity index (χ0v) is 13.0. The number of hydrogen-bond donors (Lipinski definition) is 0. The molecule has 0 saturated heterocycles. The number of allylic oxidation sites excluding steroid dienone is 3. The largest absolute Gasteiger partial charge is 0.294 e. The molecule has 0 spiro atoms. The summed E-state index contributed by atoms with van der Waals surface area (Å²) in [5, 5.41) is 0. The molecule has 1 aromatic rings. The van der Waals surface area contributed by atoms with Gasteiger partial charge in [0.15, 0.2) is 12.5 Å². The lowest BCUT2D eigenvalue weighted by Gasteiger charge is -2.05. The molecule has 0 fully saturated rings. The fourth-order valence-electron chi connectivity index (χ4n) is 1.94. The van der Waals surface area contributed by atoms with Crippen molar-refractivity contribution in [2.24, 2.45) is 0 Å². The molecular weight excluding hydrogens is 243 g/mol. The highest BCUT2D eigenvalue weighted by molar-refractivity contribution is 6.63. The van der Waals surface area contributed by atoms with Gasteiger partial charge in [-0.15, -0.1) is 5.47 Å². The zero-order valence-electron chi connectivity index (χ0n) is 13.0. The van der Waals surface area contributed by atoms with E-state index in [0.717, 1.165) is 19.3 Å². The molecule has 0 amide bonds. The number of Topliss-reactive ketones (excluding diaryl/α,β-unsaturated/α-hetero) is 1. The first-order chi connectivity index (χ1) is 9.50. The Morgan fingerprint density at radius 3 is 2.45 bits per heavy atom. The number of unbranched alkanes of at least 4 members (excludes halogenated alkanes) is 1. The van der Waals surface area contributed by atoms with E-state index in [4.69, 9.17) is 0 Å². The molecule has 0 saturated carbocycles. The van der Waals surface area contributed by atoms with E-state index in [9.17, 15) is 4.79 Å². The average molecular weight is 268 g/mol.